The van der Waals surface area contributed by atoms with Gasteiger partial charge in [0.25, 0.3) is 0 Å². The predicted molar refractivity (Wildman–Crippen MR) is 116 cm³/mol. The first-order valence-corrected chi connectivity index (χ1v) is 10.2. The molecule has 1 atom stereocenters. The topological polar surface area (TPSA) is 26.0 Å². The average Bonchev–Trinajstić information content (AvgIpc) is 3.25. The van der Waals surface area contributed by atoms with E-state index < -0.39 is 0 Å². The molecule has 1 aliphatic carbocycles. The number of rotatable bonds is 7. The minimum atomic E-state index is 0.385. The van der Waals surface area contributed by atoms with Crippen molar-refractivity contribution in [1.82, 2.24) is 19.2 Å². The van der Waals surface area contributed by atoms with Crippen LogP contribution >= 0.6 is 12.2 Å². The zero-order valence-corrected chi connectivity index (χ0v) is 17.1. The van der Waals surface area contributed by atoms with Crippen LogP contribution in [0.3, 0.4) is 0 Å². The first kappa shape index (κ1) is 18.8. The maximum atomic E-state index is 5.78. The molecule has 0 saturated carbocycles. The fraction of sp³-hybridized carbons (Fsp3) is 0.304. The molecule has 0 amide bonds. The van der Waals surface area contributed by atoms with Crippen LogP contribution in [-0.4, -0.2) is 25.8 Å². The molecule has 144 valence electrons. The van der Waals surface area contributed by atoms with Gasteiger partial charge in [0, 0.05) is 12.6 Å². The van der Waals surface area contributed by atoms with Crippen molar-refractivity contribution in [2.45, 2.75) is 39.0 Å². The highest BCUT2D eigenvalue weighted by Crippen LogP contribution is 2.35. The molecule has 28 heavy (non-hydrogen) atoms. The molecule has 4 nitrogen and oxygen atoms in total. The third-order valence-corrected chi connectivity index (χ3v) is 5.94. The number of benzene rings is 2. The maximum Gasteiger partial charge on any atom is 0.199 e. The highest BCUT2D eigenvalue weighted by molar-refractivity contribution is 7.71. The van der Waals surface area contributed by atoms with Crippen LogP contribution in [0, 0.1) is 11.7 Å². The zero-order chi connectivity index (χ0) is 19.5. The summed E-state index contributed by atoms with van der Waals surface area (Å²) in [6.07, 6.45) is 4.23. The van der Waals surface area contributed by atoms with Crippen molar-refractivity contribution in [2.75, 3.05) is 6.54 Å². The monoisotopic (exact) mass is 390 g/mol. The van der Waals surface area contributed by atoms with Crippen molar-refractivity contribution in [3.63, 3.8) is 0 Å². The first-order chi connectivity index (χ1) is 13.7. The lowest BCUT2D eigenvalue weighted by Gasteiger charge is -2.28. The van der Waals surface area contributed by atoms with Crippen molar-refractivity contribution in [3.05, 3.63) is 94.5 Å². The van der Waals surface area contributed by atoms with Gasteiger partial charge < -0.3 is 0 Å². The van der Waals surface area contributed by atoms with Crippen LogP contribution in [0.2, 0.25) is 0 Å². The molecule has 3 aromatic rings. The van der Waals surface area contributed by atoms with Crippen molar-refractivity contribution < 1.29 is 0 Å². The molecule has 0 saturated heterocycles. The van der Waals surface area contributed by atoms with Gasteiger partial charge in [0.1, 0.15) is 5.82 Å². The Hall–Kier alpha value is -2.50. The Bertz CT molecular complexity index is 1020. The fourth-order valence-electron chi connectivity index (χ4n) is 4.12. The molecule has 0 N–H and O–H groups in total. The molecule has 5 heteroatoms. The molecule has 1 aromatic heterocycles. The molecule has 0 aliphatic heterocycles. The van der Waals surface area contributed by atoms with Gasteiger partial charge in [-0.25, -0.2) is 4.68 Å². The maximum absolute atomic E-state index is 5.78. The third-order valence-electron chi connectivity index (χ3n) is 5.51. The third kappa shape index (κ3) is 3.73. The number of aromatic nitrogens is 3. The van der Waals surface area contributed by atoms with E-state index in [-0.39, 0.29) is 0 Å². The number of nitrogens with zero attached hydrogens (tertiary/aromatic N) is 4. The van der Waals surface area contributed by atoms with Gasteiger partial charge in [-0.1, -0.05) is 60.7 Å². The van der Waals surface area contributed by atoms with E-state index in [0.29, 0.717) is 12.7 Å². The molecule has 4 rings (SSSR count). The minimum absolute atomic E-state index is 0.385. The Morgan fingerprint density at radius 2 is 1.93 bits per heavy atom. The smallest absolute Gasteiger partial charge is 0.199 e. The van der Waals surface area contributed by atoms with Crippen molar-refractivity contribution in [1.29, 1.82) is 0 Å². The van der Waals surface area contributed by atoms with Crippen LogP contribution in [0.4, 0.5) is 0 Å². The lowest BCUT2D eigenvalue weighted by Crippen LogP contribution is -2.30. The van der Waals surface area contributed by atoms with Crippen molar-refractivity contribution in [2.24, 2.45) is 0 Å². The summed E-state index contributed by atoms with van der Waals surface area (Å²) in [6.45, 7) is 8.23. The summed E-state index contributed by atoms with van der Waals surface area (Å²) in [7, 11) is 0. The summed E-state index contributed by atoms with van der Waals surface area (Å²) >= 11 is 5.78. The molecular formula is C23H26N4S. The molecule has 1 aliphatic rings. The first-order valence-electron chi connectivity index (χ1n) is 9.78. The van der Waals surface area contributed by atoms with Crippen LogP contribution in [0.1, 0.15) is 35.0 Å². The van der Waals surface area contributed by atoms with Gasteiger partial charge in [-0.05, 0) is 48.7 Å². The molecule has 0 radical (unpaired) electrons. The van der Waals surface area contributed by atoms with Crippen LogP contribution in [0.25, 0.3) is 0 Å². The van der Waals surface area contributed by atoms with E-state index in [1.54, 1.807) is 0 Å². The number of fused-ring (bicyclic) bond motifs is 1. The lowest BCUT2D eigenvalue weighted by molar-refractivity contribution is 0.159. The standard InChI is InChI=1S/C23H26N4S/c1-3-15-25(22-14-13-20-11-7-8-12-21(20)22)17-27-23(28)26(18(2)24-27)16-19-9-5-4-6-10-19/h3-12,22H,1,13-17H2,2H3/t22-/m1/s1. The predicted octanol–water partition coefficient (Wildman–Crippen LogP) is 4.90. The van der Waals surface area contributed by atoms with E-state index in [2.05, 4.69) is 64.6 Å². The van der Waals surface area contributed by atoms with Gasteiger partial charge in [-0.15, -0.1) is 6.58 Å². The number of hydrogen-bond donors (Lipinski definition) is 0. The Morgan fingerprint density at radius 1 is 1.18 bits per heavy atom. The van der Waals surface area contributed by atoms with Gasteiger partial charge in [0.15, 0.2) is 4.77 Å². The van der Waals surface area contributed by atoms with Gasteiger partial charge in [0.05, 0.1) is 13.2 Å². The quantitative estimate of drug-likeness (QED) is 0.424. The second-order valence-electron chi connectivity index (χ2n) is 7.36. The Kier molecular flexibility index (Phi) is 5.55. The molecule has 0 bridgehead atoms. The average molecular weight is 391 g/mol. The number of aryl methyl sites for hydroxylation is 2. The Balaban J connectivity index is 1.59. The molecule has 0 spiro atoms. The lowest BCUT2D eigenvalue weighted by atomic mass is 10.1. The second kappa shape index (κ2) is 8.25. The van der Waals surface area contributed by atoms with Crippen molar-refractivity contribution in [3.8, 4) is 0 Å². The summed E-state index contributed by atoms with van der Waals surface area (Å²) in [4.78, 5) is 2.42. The molecule has 0 fully saturated rings. The molecule has 1 heterocycles. The van der Waals surface area contributed by atoms with Gasteiger partial charge in [-0.2, -0.15) is 5.10 Å². The van der Waals surface area contributed by atoms with Crippen LogP contribution in [0.5, 0.6) is 0 Å². The summed E-state index contributed by atoms with van der Waals surface area (Å²) in [5.41, 5.74) is 4.11. The largest absolute Gasteiger partial charge is 0.300 e. The summed E-state index contributed by atoms with van der Waals surface area (Å²) in [5.74, 6) is 0.944. The highest BCUT2D eigenvalue weighted by Gasteiger charge is 2.27. The fourth-order valence-corrected chi connectivity index (χ4v) is 4.42. The zero-order valence-electron chi connectivity index (χ0n) is 16.3. The summed E-state index contributed by atoms with van der Waals surface area (Å²) in [6, 6.07) is 19.5. The molecular weight excluding hydrogens is 364 g/mol. The van der Waals surface area contributed by atoms with Crippen LogP contribution in [0.15, 0.2) is 67.3 Å². The van der Waals surface area contributed by atoms with E-state index in [9.17, 15) is 0 Å². The molecule has 0 unspecified atom stereocenters. The minimum Gasteiger partial charge on any atom is -0.300 e. The van der Waals surface area contributed by atoms with Gasteiger partial charge >= 0.3 is 0 Å². The second-order valence-corrected chi connectivity index (χ2v) is 7.72. The summed E-state index contributed by atoms with van der Waals surface area (Å²) in [5, 5.41) is 4.76. The van der Waals surface area contributed by atoms with E-state index >= 15 is 0 Å². The number of hydrogen-bond acceptors (Lipinski definition) is 3. The van der Waals surface area contributed by atoms with Crippen LogP contribution in [-0.2, 0) is 19.6 Å². The summed E-state index contributed by atoms with van der Waals surface area (Å²) < 4.78 is 4.83. The highest BCUT2D eigenvalue weighted by atomic mass is 32.1. The van der Waals surface area contributed by atoms with Crippen molar-refractivity contribution >= 4 is 12.2 Å². The normalized spacial score (nSPS) is 15.7. The van der Waals surface area contributed by atoms with Gasteiger partial charge in [-0.3, -0.25) is 9.47 Å². The SMILES string of the molecule is C=CCN(Cn1nc(C)n(Cc2ccccc2)c1=S)[C@@H]1CCc2ccccc21. The Morgan fingerprint density at radius 3 is 2.71 bits per heavy atom. The molecule has 2 aromatic carbocycles. The van der Waals surface area contributed by atoms with E-state index in [1.165, 1.54) is 16.7 Å². The van der Waals surface area contributed by atoms with Gasteiger partial charge in [0.2, 0.25) is 0 Å². The van der Waals surface area contributed by atoms with E-state index in [0.717, 1.165) is 36.5 Å². The van der Waals surface area contributed by atoms with Crippen LogP contribution < -0.4 is 0 Å². The Labute approximate surface area is 171 Å². The van der Waals surface area contributed by atoms with E-state index in [1.807, 2.05) is 23.7 Å². The van der Waals surface area contributed by atoms with E-state index in [4.69, 9.17) is 17.3 Å².